The first-order valence-electron chi connectivity index (χ1n) is 12.9. The number of benzene rings is 1. The molecule has 0 radical (unpaired) electrons. The fourth-order valence-corrected chi connectivity index (χ4v) is 5.07. The summed E-state index contributed by atoms with van der Waals surface area (Å²) in [6, 6.07) is 4.96. The van der Waals surface area contributed by atoms with Crippen LogP contribution in [-0.2, 0) is 13.1 Å². The Hall–Kier alpha value is -3.15. The standard InChI is InChI=1S/C26H36F3N7O2/c1-25(2,3)22(37)36-23(33(4)16-18-9-7-17(15-30)8-10-18)31-21(32-36)19-11-14-35(20(19)26(27,28)29)24(38)34-12-5-6-13-34/h7-10,19-20H,5-6,11-16,30H2,1-4H3. The van der Waals surface area contributed by atoms with Gasteiger partial charge in [0.05, 0.1) is 5.92 Å². The number of hydrogen-bond acceptors (Lipinski definition) is 6. The first kappa shape index (κ1) is 27.9. The Balaban J connectivity index is 1.68. The van der Waals surface area contributed by atoms with E-state index in [4.69, 9.17) is 5.73 Å². The number of carbonyl (C=O) groups excluding carboxylic acids is 2. The summed E-state index contributed by atoms with van der Waals surface area (Å²) in [5.41, 5.74) is 6.72. The molecule has 2 amide bonds. The van der Waals surface area contributed by atoms with Crippen LogP contribution in [0.15, 0.2) is 24.3 Å². The van der Waals surface area contributed by atoms with Crippen LogP contribution in [0, 0.1) is 5.41 Å². The molecule has 2 aromatic rings. The van der Waals surface area contributed by atoms with Gasteiger partial charge in [-0.1, -0.05) is 45.0 Å². The average molecular weight is 536 g/mol. The van der Waals surface area contributed by atoms with E-state index in [0.29, 0.717) is 26.2 Å². The molecular formula is C26H36F3N7O2. The van der Waals surface area contributed by atoms with Crippen molar-refractivity contribution >= 4 is 17.9 Å². The van der Waals surface area contributed by atoms with Crippen LogP contribution in [0.3, 0.4) is 0 Å². The van der Waals surface area contributed by atoms with Crippen molar-refractivity contribution in [2.45, 2.75) is 71.3 Å². The molecule has 2 aliphatic heterocycles. The minimum Gasteiger partial charge on any atom is -0.339 e. The zero-order valence-corrected chi connectivity index (χ0v) is 22.3. The zero-order chi connectivity index (χ0) is 27.8. The second-order valence-electron chi connectivity index (χ2n) is 11.2. The van der Waals surface area contributed by atoms with Crippen LogP contribution in [0.1, 0.15) is 67.7 Å². The largest absolute Gasteiger partial charge is 0.409 e. The molecule has 0 spiro atoms. The first-order chi connectivity index (χ1) is 17.8. The van der Waals surface area contributed by atoms with E-state index in [9.17, 15) is 22.8 Å². The van der Waals surface area contributed by atoms with Crippen LogP contribution in [0.2, 0.25) is 0 Å². The van der Waals surface area contributed by atoms with E-state index < -0.39 is 29.6 Å². The molecule has 1 aromatic heterocycles. The van der Waals surface area contributed by atoms with Gasteiger partial charge in [0.15, 0.2) is 5.82 Å². The second-order valence-corrected chi connectivity index (χ2v) is 11.2. The maximum absolute atomic E-state index is 14.4. The number of nitrogens with zero attached hydrogens (tertiary/aromatic N) is 6. The Morgan fingerprint density at radius 2 is 1.66 bits per heavy atom. The molecule has 0 aliphatic carbocycles. The molecule has 208 valence electrons. The lowest BCUT2D eigenvalue weighted by Gasteiger charge is -2.32. The van der Waals surface area contributed by atoms with E-state index in [0.717, 1.165) is 33.6 Å². The topological polar surface area (TPSA) is 101 Å². The Morgan fingerprint density at radius 3 is 2.21 bits per heavy atom. The van der Waals surface area contributed by atoms with E-state index in [1.54, 1.807) is 32.7 Å². The lowest BCUT2D eigenvalue weighted by molar-refractivity contribution is -0.174. The summed E-state index contributed by atoms with van der Waals surface area (Å²) in [6.45, 7) is 6.78. The summed E-state index contributed by atoms with van der Waals surface area (Å²) in [5, 5.41) is 4.35. The number of rotatable bonds is 5. The molecule has 12 heteroatoms. The van der Waals surface area contributed by atoms with Crippen molar-refractivity contribution in [3.8, 4) is 0 Å². The molecule has 2 saturated heterocycles. The van der Waals surface area contributed by atoms with Crippen molar-refractivity contribution in [3.63, 3.8) is 0 Å². The fourth-order valence-electron chi connectivity index (χ4n) is 5.07. The molecule has 3 heterocycles. The summed E-state index contributed by atoms with van der Waals surface area (Å²) in [7, 11) is 1.72. The van der Waals surface area contributed by atoms with Gasteiger partial charge in [-0.3, -0.25) is 4.79 Å². The minimum absolute atomic E-state index is 0.0510. The summed E-state index contributed by atoms with van der Waals surface area (Å²) in [4.78, 5) is 34.9. The number of likely N-dealkylation sites (tertiary alicyclic amines) is 2. The summed E-state index contributed by atoms with van der Waals surface area (Å²) in [5.74, 6) is -1.48. The number of anilines is 1. The molecule has 0 bridgehead atoms. The van der Waals surface area contributed by atoms with Gasteiger partial charge in [0.2, 0.25) is 5.95 Å². The molecule has 2 atom stereocenters. The van der Waals surface area contributed by atoms with Crippen LogP contribution in [0.5, 0.6) is 0 Å². The van der Waals surface area contributed by atoms with Gasteiger partial charge in [-0.15, -0.1) is 5.10 Å². The Morgan fingerprint density at radius 1 is 1.05 bits per heavy atom. The van der Waals surface area contributed by atoms with E-state index in [2.05, 4.69) is 10.1 Å². The number of urea groups is 1. The van der Waals surface area contributed by atoms with Crippen LogP contribution < -0.4 is 10.6 Å². The number of nitrogens with two attached hydrogens (primary N) is 1. The monoisotopic (exact) mass is 535 g/mol. The molecule has 2 fully saturated rings. The maximum Gasteiger partial charge on any atom is 0.409 e. The van der Waals surface area contributed by atoms with Crippen molar-refractivity contribution < 1.29 is 22.8 Å². The quantitative estimate of drug-likeness (QED) is 0.621. The third-order valence-electron chi connectivity index (χ3n) is 7.15. The lowest BCUT2D eigenvalue weighted by Crippen LogP contribution is -2.51. The normalized spacial score (nSPS) is 20.3. The van der Waals surface area contributed by atoms with Gasteiger partial charge >= 0.3 is 12.2 Å². The van der Waals surface area contributed by atoms with Crippen molar-refractivity contribution in [1.29, 1.82) is 0 Å². The van der Waals surface area contributed by atoms with Gasteiger partial charge in [-0.25, -0.2) is 4.79 Å². The first-order valence-corrected chi connectivity index (χ1v) is 12.9. The Bertz CT molecular complexity index is 1150. The Kier molecular flexibility index (Phi) is 7.74. The van der Waals surface area contributed by atoms with Crippen LogP contribution >= 0.6 is 0 Å². The fraction of sp³-hybridized carbons (Fsp3) is 0.615. The summed E-state index contributed by atoms with van der Waals surface area (Å²) in [6.07, 6.45) is -3.05. The van der Waals surface area contributed by atoms with E-state index in [-0.39, 0.29) is 30.6 Å². The average Bonchev–Trinajstić information content (AvgIpc) is 3.61. The van der Waals surface area contributed by atoms with Gasteiger partial charge in [-0.2, -0.15) is 22.8 Å². The van der Waals surface area contributed by atoms with Gasteiger partial charge in [0.25, 0.3) is 5.91 Å². The number of hydrogen-bond donors (Lipinski definition) is 1. The molecule has 1 aromatic carbocycles. The van der Waals surface area contributed by atoms with Crippen LogP contribution in [0.4, 0.5) is 23.9 Å². The molecule has 2 aliphatic rings. The number of aromatic nitrogens is 3. The maximum atomic E-state index is 14.4. The lowest BCUT2D eigenvalue weighted by atomic mass is 9.96. The van der Waals surface area contributed by atoms with E-state index in [1.807, 2.05) is 24.3 Å². The highest BCUT2D eigenvalue weighted by Crippen LogP contribution is 2.42. The van der Waals surface area contributed by atoms with Crippen molar-refractivity contribution in [2.24, 2.45) is 11.1 Å². The molecule has 0 saturated carbocycles. The van der Waals surface area contributed by atoms with E-state index in [1.165, 1.54) is 4.90 Å². The SMILES string of the molecule is CN(Cc1ccc(CN)cc1)c1nc(C2CCN(C(=O)N3CCCC3)C2C(F)(F)F)nn1C(=O)C(C)(C)C. The minimum atomic E-state index is -4.67. The molecule has 2 N–H and O–H groups in total. The van der Waals surface area contributed by atoms with Crippen LogP contribution in [-0.4, -0.2) is 75.4 Å². The molecule has 38 heavy (non-hydrogen) atoms. The predicted octanol–water partition coefficient (Wildman–Crippen LogP) is 4.00. The number of halogens is 3. The van der Waals surface area contributed by atoms with Gasteiger partial charge in [0, 0.05) is 45.2 Å². The zero-order valence-electron chi connectivity index (χ0n) is 22.3. The predicted molar refractivity (Wildman–Crippen MR) is 137 cm³/mol. The second kappa shape index (κ2) is 10.5. The molecular weight excluding hydrogens is 499 g/mol. The molecule has 2 unspecified atom stereocenters. The van der Waals surface area contributed by atoms with Gasteiger partial charge in [-0.05, 0) is 30.4 Å². The van der Waals surface area contributed by atoms with Crippen LogP contribution in [0.25, 0.3) is 0 Å². The number of alkyl halides is 3. The highest BCUT2D eigenvalue weighted by molar-refractivity contribution is 5.85. The van der Waals surface area contributed by atoms with Gasteiger partial charge in [0.1, 0.15) is 6.04 Å². The Labute approximate surface area is 220 Å². The molecule has 9 nitrogen and oxygen atoms in total. The highest BCUT2D eigenvalue weighted by Gasteiger charge is 2.56. The number of amides is 2. The molecule has 4 rings (SSSR count). The van der Waals surface area contributed by atoms with Crippen molar-refractivity contribution in [2.75, 3.05) is 31.6 Å². The summed E-state index contributed by atoms with van der Waals surface area (Å²) >= 11 is 0. The van der Waals surface area contributed by atoms with Crippen molar-refractivity contribution in [3.05, 3.63) is 41.2 Å². The third-order valence-corrected chi connectivity index (χ3v) is 7.15. The third kappa shape index (κ3) is 5.64. The highest BCUT2D eigenvalue weighted by atomic mass is 19.4. The van der Waals surface area contributed by atoms with E-state index >= 15 is 0 Å². The number of carbonyl (C=O) groups is 2. The van der Waals surface area contributed by atoms with Crippen molar-refractivity contribution in [1.82, 2.24) is 24.6 Å². The smallest absolute Gasteiger partial charge is 0.339 e. The van der Waals surface area contributed by atoms with Gasteiger partial charge < -0.3 is 20.4 Å². The summed E-state index contributed by atoms with van der Waals surface area (Å²) < 4.78 is 44.3.